The van der Waals surface area contributed by atoms with Gasteiger partial charge in [0.05, 0.1) is 30.2 Å². The van der Waals surface area contributed by atoms with Gasteiger partial charge < -0.3 is 54.7 Å². The quantitative estimate of drug-likeness (QED) is 0.0929. The molecule has 62 heavy (non-hydrogen) atoms. The van der Waals surface area contributed by atoms with Crippen LogP contribution in [-0.2, 0) is 42.8 Å². The van der Waals surface area contributed by atoms with E-state index in [1.54, 1.807) is 36.4 Å². The molecule has 1 saturated heterocycles. The zero-order chi connectivity index (χ0) is 44.6. The first-order chi connectivity index (χ1) is 29.5. The number of ketones is 2. The molecule has 0 aromatic heterocycles. The molecule has 7 rings (SSSR count). The lowest BCUT2D eigenvalue weighted by Crippen LogP contribution is -2.63. The number of carbonyl (C=O) groups excluding carboxylic acids is 5. The Hall–Kier alpha value is -3.61. The lowest BCUT2D eigenvalue weighted by atomic mass is 9.46. The Bertz CT molecular complexity index is 1980. The average molecular weight is 949 g/mol. The summed E-state index contributed by atoms with van der Waals surface area (Å²) < 4.78 is 24.8. The van der Waals surface area contributed by atoms with Crippen LogP contribution in [0.15, 0.2) is 48.1 Å². The van der Waals surface area contributed by atoms with E-state index in [2.05, 4.69) is 38.8 Å². The summed E-state index contributed by atoms with van der Waals surface area (Å²) >= 11 is 2.99. The van der Waals surface area contributed by atoms with Crippen LogP contribution in [-0.4, -0.2) is 110 Å². The molecule has 3 amide bonds. The molecule has 17 nitrogen and oxygen atoms in total. The van der Waals surface area contributed by atoms with E-state index in [-0.39, 0.29) is 66.8 Å². The highest BCUT2D eigenvalue weighted by Gasteiger charge is 2.76. The van der Waals surface area contributed by atoms with Gasteiger partial charge in [-0.15, -0.1) is 0 Å². The largest absolute Gasteiger partial charge is 0.490 e. The Labute approximate surface area is 368 Å². The summed E-state index contributed by atoms with van der Waals surface area (Å²) in [6.45, 7) is 3.09. The SMILES string of the molecule is C[C@]12C=CC(=O)C=C1CC[C@@H]1[C@@H]2[C@@H](O)C[C@@]2(C)[C@H]1C[C@H]1O[C@@H](c3ccc(OC4CCC(NC(=O)[C@H](CCC(=O)O)NC(=O)CNC(=O)CBr)CC4)cc3)O[C@]12C(=O)COP(O)O. The molecule has 1 aliphatic heterocycles. The van der Waals surface area contributed by atoms with Crippen LogP contribution in [0.25, 0.3) is 0 Å². The van der Waals surface area contributed by atoms with Gasteiger partial charge in [-0.25, -0.2) is 0 Å². The van der Waals surface area contributed by atoms with Gasteiger partial charge in [-0.05, 0) is 93.9 Å². The second kappa shape index (κ2) is 18.9. The third kappa shape index (κ3) is 9.17. The summed E-state index contributed by atoms with van der Waals surface area (Å²) in [7, 11) is -2.81. The van der Waals surface area contributed by atoms with Crippen molar-refractivity contribution < 1.29 is 67.5 Å². The molecule has 4 saturated carbocycles. The molecular weight excluding hydrogens is 893 g/mol. The molecule has 5 aliphatic carbocycles. The zero-order valence-electron chi connectivity index (χ0n) is 34.6. The van der Waals surface area contributed by atoms with Gasteiger partial charge in [-0.3, -0.25) is 28.8 Å². The first-order valence-electron chi connectivity index (χ1n) is 21.2. The highest BCUT2D eigenvalue weighted by Crippen LogP contribution is 2.70. The van der Waals surface area contributed by atoms with Crippen LogP contribution in [0.1, 0.15) is 89.9 Å². The number of carboxylic acid groups (broad SMARTS) is 1. The van der Waals surface area contributed by atoms with E-state index in [1.165, 1.54) is 0 Å². The number of allylic oxidation sites excluding steroid dienone is 4. The number of ether oxygens (including phenoxy) is 3. The summed E-state index contributed by atoms with van der Waals surface area (Å²) in [5.41, 5.74) is -1.30. The minimum atomic E-state index is -2.81. The number of fused-ring (bicyclic) bond motifs is 7. The number of hydrogen-bond donors (Lipinski definition) is 7. The van der Waals surface area contributed by atoms with Crippen molar-refractivity contribution in [1.29, 1.82) is 0 Å². The third-order valence-corrected chi connectivity index (χ3v) is 15.2. The average Bonchev–Trinajstić information content (AvgIpc) is 3.74. The monoisotopic (exact) mass is 947 g/mol. The van der Waals surface area contributed by atoms with Crippen molar-refractivity contribution in [2.24, 2.45) is 28.6 Å². The number of carbonyl (C=O) groups is 6. The fraction of sp³-hybridized carbons (Fsp3) is 0.628. The topological polar surface area (TPSA) is 256 Å². The Kier molecular flexibility index (Phi) is 14.1. The lowest BCUT2D eigenvalue weighted by molar-refractivity contribution is -0.200. The van der Waals surface area contributed by atoms with Gasteiger partial charge in [0.2, 0.25) is 17.7 Å². The van der Waals surface area contributed by atoms with Crippen LogP contribution < -0.4 is 20.7 Å². The van der Waals surface area contributed by atoms with Crippen LogP contribution in [0.3, 0.4) is 0 Å². The molecule has 1 heterocycles. The summed E-state index contributed by atoms with van der Waals surface area (Å²) in [5, 5.41) is 29.0. The molecule has 0 spiro atoms. The van der Waals surface area contributed by atoms with Gasteiger partial charge in [0.15, 0.2) is 23.5 Å². The summed E-state index contributed by atoms with van der Waals surface area (Å²) in [6.07, 6.45) is 6.65. The molecule has 0 radical (unpaired) electrons. The van der Waals surface area contributed by atoms with Gasteiger partial charge in [0.1, 0.15) is 18.4 Å². The van der Waals surface area contributed by atoms with Crippen LogP contribution in [0.5, 0.6) is 5.75 Å². The molecule has 1 aromatic rings. The number of Topliss-reactive ketones (excluding diaryl/α,β-unsaturated/α-hetero) is 1. The summed E-state index contributed by atoms with van der Waals surface area (Å²) in [4.78, 5) is 94.1. The molecule has 0 unspecified atom stereocenters. The fourth-order valence-corrected chi connectivity index (χ4v) is 11.9. The number of aliphatic hydroxyl groups is 1. The fourth-order valence-electron chi connectivity index (χ4n) is 11.5. The number of halogens is 1. The normalized spacial score (nSPS) is 35.1. The van der Waals surface area contributed by atoms with Crippen LogP contribution in [0.4, 0.5) is 0 Å². The van der Waals surface area contributed by atoms with E-state index in [4.69, 9.17) is 18.7 Å². The Morgan fingerprint density at radius 3 is 2.44 bits per heavy atom. The molecule has 7 N–H and O–H groups in total. The molecule has 10 atom stereocenters. The zero-order valence-corrected chi connectivity index (χ0v) is 37.1. The van der Waals surface area contributed by atoms with Gasteiger partial charge in [0.25, 0.3) is 0 Å². The molecule has 0 bridgehead atoms. The van der Waals surface area contributed by atoms with E-state index < -0.39 is 85.7 Å². The van der Waals surface area contributed by atoms with Crippen molar-refractivity contribution in [3.63, 3.8) is 0 Å². The predicted molar refractivity (Wildman–Crippen MR) is 224 cm³/mol. The summed E-state index contributed by atoms with van der Waals surface area (Å²) in [6, 6.07) is 5.88. The van der Waals surface area contributed by atoms with Gasteiger partial charge >= 0.3 is 14.6 Å². The molecule has 6 aliphatic rings. The van der Waals surface area contributed by atoms with Crippen LogP contribution in [0.2, 0.25) is 0 Å². The molecule has 1 aromatic carbocycles. The van der Waals surface area contributed by atoms with E-state index in [1.807, 2.05) is 13.0 Å². The van der Waals surface area contributed by atoms with E-state index >= 15 is 0 Å². The second-order valence-corrected chi connectivity index (χ2v) is 19.2. The first-order valence-corrected chi connectivity index (χ1v) is 23.5. The number of aliphatic hydroxyl groups excluding tert-OH is 1. The van der Waals surface area contributed by atoms with Crippen molar-refractivity contribution in [3.05, 3.63) is 53.6 Å². The number of nitrogens with one attached hydrogen (secondary N) is 3. The number of aliphatic carboxylic acids is 1. The lowest BCUT2D eigenvalue weighted by Gasteiger charge is -2.59. The predicted octanol–water partition coefficient (Wildman–Crippen LogP) is 3.19. The molecule has 338 valence electrons. The van der Waals surface area contributed by atoms with Gasteiger partial charge in [-0.2, -0.15) is 0 Å². The molecular formula is C43H55BrN3O14P. The maximum absolute atomic E-state index is 14.3. The Morgan fingerprint density at radius 1 is 1.03 bits per heavy atom. The number of rotatable bonds is 16. The van der Waals surface area contributed by atoms with E-state index in [0.29, 0.717) is 49.8 Å². The van der Waals surface area contributed by atoms with Gasteiger partial charge in [-0.1, -0.05) is 53.6 Å². The number of amides is 3. The maximum atomic E-state index is 14.3. The summed E-state index contributed by atoms with van der Waals surface area (Å²) in [5.74, 6) is -2.84. The number of alkyl halides is 1. The van der Waals surface area contributed by atoms with Crippen LogP contribution in [0, 0.1) is 28.6 Å². The first kappa shape index (κ1) is 46.4. The maximum Gasteiger partial charge on any atom is 0.327 e. The van der Waals surface area contributed by atoms with E-state index in [9.17, 15) is 48.8 Å². The van der Waals surface area contributed by atoms with Gasteiger partial charge in [0, 0.05) is 34.8 Å². The number of carboxylic acids is 1. The Morgan fingerprint density at radius 2 is 1.76 bits per heavy atom. The van der Waals surface area contributed by atoms with Crippen LogP contribution >= 0.6 is 24.5 Å². The van der Waals surface area contributed by atoms with Crippen molar-refractivity contribution >= 4 is 59.8 Å². The van der Waals surface area contributed by atoms with E-state index in [0.717, 1.165) is 12.0 Å². The van der Waals surface area contributed by atoms with Crippen molar-refractivity contribution in [3.8, 4) is 5.75 Å². The highest BCUT2D eigenvalue weighted by atomic mass is 79.9. The standard InChI is InChI=1S/C43H55BrN3O14P/c1-41-16-15-26(48)17-24(41)5-12-29-30-18-34-43(33(50)22-58-62(56)57,42(30,2)19-32(49)38(29)41)61-40(60-34)23-3-8-27(9-4-23)59-28-10-6-25(7-11-28)46-39(55)31(13-14-37(53)54)47-36(52)21-45-35(51)20-44/h3-4,8-9,15-17,25,28-32,34,38,40,49,56-57H,5-7,10-14,18-22H2,1-2H3,(H,45,51)(H,46,55)(H,47,52)(H,53,54)/t25?,28?,29-,30-,31-,32-,34+,38+,40+,41-,42-,43+/m0/s1. The highest BCUT2D eigenvalue weighted by molar-refractivity contribution is 9.09. The van der Waals surface area contributed by atoms with Crippen molar-refractivity contribution in [2.75, 3.05) is 18.5 Å². The van der Waals surface area contributed by atoms with Crippen molar-refractivity contribution in [2.45, 2.75) is 120 Å². The number of hydrogen-bond acceptors (Lipinski definition) is 13. The third-order valence-electron chi connectivity index (χ3n) is 14.3. The number of benzene rings is 1. The smallest absolute Gasteiger partial charge is 0.327 e. The second-order valence-electron chi connectivity index (χ2n) is 17.8. The Balaban J connectivity index is 0.980. The minimum absolute atomic E-state index is 0.000183. The van der Waals surface area contributed by atoms with Crippen molar-refractivity contribution in [1.82, 2.24) is 16.0 Å². The minimum Gasteiger partial charge on any atom is -0.490 e. The molecule has 19 heteroatoms. The molecule has 5 fully saturated rings.